The van der Waals surface area contributed by atoms with Crippen LogP contribution in [-0.2, 0) is 6.54 Å². The lowest BCUT2D eigenvalue weighted by Crippen LogP contribution is -2.10. The van der Waals surface area contributed by atoms with Gasteiger partial charge in [0.15, 0.2) is 0 Å². The fraction of sp³-hybridized carbons (Fsp3) is 0.357. The molecule has 102 valence electrons. The van der Waals surface area contributed by atoms with E-state index in [-0.39, 0.29) is 4.87 Å². The van der Waals surface area contributed by atoms with E-state index in [1.807, 2.05) is 39.2 Å². The van der Waals surface area contributed by atoms with Gasteiger partial charge in [0.1, 0.15) is 5.75 Å². The van der Waals surface area contributed by atoms with Crippen LogP contribution >= 0.6 is 11.3 Å². The summed E-state index contributed by atoms with van der Waals surface area (Å²) in [5, 5.41) is 0. The van der Waals surface area contributed by atoms with Crippen molar-refractivity contribution in [3.63, 3.8) is 0 Å². The van der Waals surface area contributed by atoms with Gasteiger partial charge in [0.25, 0.3) is 0 Å². The molecule has 2 aromatic rings. The molecule has 0 atom stereocenters. The number of thiazole rings is 1. The minimum atomic E-state index is -0.0136. The highest BCUT2D eigenvalue weighted by Crippen LogP contribution is 2.28. The quantitative estimate of drug-likeness (QED) is 0.934. The third kappa shape index (κ3) is 3.05. The van der Waals surface area contributed by atoms with E-state index in [4.69, 9.17) is 4.74 Å². The van der Waals surface area contributed by atoms with Crippen LogP contribution in [0.1, 0.15) is 10.4 Å². The van der Waals surface area contributed by atoms with Gasteiger partial charge in [-0.15, -0.1) is 0 Å². The second-order valence-corrected chi connectivity index (χ2v) is 5.80. The number of nitrogens with zero attached hydrogens (tertiary/aromatic N) is 1. The maximum atomic E-state index is 11.6. The zero-order chi connectivity index (χ0) is 14.0. The minimum absolute atomic E-state index is 0.0136. The monoisotopic (exact) mass is 278 g/mol. The first-order valence-corrected chi connectivity index (χ1v) is 6.84. The van der Waals surface area contributed by atoms with Crippen molar-refractivity contribution in [3.8, 4) is 17.0 Å². The standard InChI is InChI=1S/C14H18N2O2S/c1-9-7-10(5-6-11(9)18-4)13-12(8-16(2)3)19-14(17)15-13/h5-7H,8H2,1-4H3,(H,15,17). The molecule has 5 heteroatoms. The molecule has 0 radical (unpaired) electrons. The number of methoxy groups -OCH3 is 1. The summed E-state index contributed by atoms with van der Waals surface area (Å²) in [5.74, 6) is 0.857. The van der Waals surface area contributed by atoms with Crippen LogP contribution < -0.4 is 9.61 Å². The molecule has 19 heavy (non-hydrogen) atoms. The van der Waals surface area contributed by atoms with Crippen molar-refractivity contribution in [2.24, 2.45) is 0 Å². The summed E-state index contributed by atoms with van der Waals surface area (Å²) < 4.78 is 5.26. The third-order valence-electron chi connectivity index (χ3n) is 2.87. The number of aromatic nitrogens is 1. The van der Waals surface area contributed by atoms with Crippen molar-refractivity contribution in [3.05, 3.63) is 38.3 Å². The van der Waals surface area contributed by atoms with Crippen LogP contribution in [0.5, 0.6) is 5.75 Å². The van der Waals surface area contributed by atoms with E-state index in [9.17, 15) is 4.79 Å². The zero-order valence-electron chi connectivity index (χ0n) is 11.6. The van der Waals surface area contributed by atoms with Gasteiger partial charge in [-0.05, 0) is 50.3 Å². The summed E-state index contributed by atoms with van der Waals surface area (Å²) in [4.78, 5) is 17.6. The van der Waals surface area contributed by atoms with Gasteiger partial charge in [-0.25, -0.2) is 0 Å². The van der Waals surface area contributed by atoms with Gasteiger partial charge in [0, 0.05) is 11.4 Å². The minimum Gasteiger partial charge on any atom is -0.496 e. The van der Waals surface area contributed by atoms with Gasteiger partial charge in [-0.2, -0.15) is 0 Å². The maximum Gasteiger partial charge on any atom is 0.305 e. The van der Waals surface area contributed by atoms with Crippen LogP contribution in [0.4, 0.5) is 0 Å². The molecule has 0 saturated heterocycles. The molecule has 0 aliphatic carbocycles. The molecule has 0 saturated carbocycles. The Kier molecular flexibility index (Phi) is 4.07. The topological polar surface area (TPSA) is 45.3 Å². The molecule has 0 fully saturated rings. The fourth-order valence-corrected chi connectivity index (χ4v) is 3.00. The number of hydrogen-bond donors (Lipinski definition) is 1. The van der Waals surface area contributed by atoms with Gasteiger partial charge in [0.2, 0.25) is 0 Å². The molecule has 1 N–H and O–H groups in total. The highest BCUT2D eigenvalue weighted by atomic mass is 32.1. The number of ether oxygens (including phenoxy) is 1. The van der Waals surface area contributed by atoms with E-state index < -0.39 is 0 Å². The van der Waals surface area contributed by atoms with Crippen LogP contribution in [-0.4, -0.2) is 31.1 Å². The predicted octanol–water partition coefficient (Wildman–Crippen LogP) is 2.48. The zero-order valence-corrected chi connectivity index (χ0v) is 12.4. The van der Waals surface area contributed by atoms with E-state index >= 15 is 0 Å². The van der Waals surface area contributed by atoms with Crippen molar-refractivity contribution in [1.82, 2.24) is 9.88 Å². The number of nitrogens with one attached hydrogen (secondary N) is 1. The van der Waals surface area contributed by atoms with Crippen LogP contribution in [0.2, 0.25) is 0 Å². The van der Waals surface area contributed by atoms with E-state index in [0.29, 0.717) is 0 Å². The summed E-state index contributed by atoms with van der Waals surface area (Å²) in [6.07, 6.45) is 0. The molecule has 1 heterocycles. The van der Waals surface area contributed by atoms with Gasteiger partial charge in [0.05, 0.1) is 12.8 Å². The fourth-order valence-electron chi connectivity index (χ4n) is 2.03. The summed E-state index contributed by atoms with van der Waals surface area (Å²) in [7, 11) is 5.65. The lowest BCUT2D eigenvalue weighted by Gasteiger charge is -2.11. The first-order valence-electron chi connectivity index (χ1n) is 6.03. The van der Waals surface area contributed by atoms with Gasteiger partial charge >= 0.3 is 4.87 Å². The normalized spacial score (nSPS) is 11.0. The van der Waals surface area contributed by atoms with E-state index in [0.717, 1.165) is 34.0 Å². The molecule has 2 rings (SSSR count). The third-order valence-corrected chi connectivity index (χ3v) is 3.73. The number of hydrogen-bond acceptors (Lipinski definition) is 4. The first kappa shape index (κ1) is 13.8. The smallest absolute Gasteiger partial charge is 0.305 e. The Morgan fingerprint density at radius 1 is 1.37 bits per heavy atom. The molecule has 0 amide bonds. The van der Waals surface area contributed by atoms with Crippen molar-refractivity contribution in [2.45, 2.75) is 13.5 Å². The SMILES string of the molecule is COc1ccc(-c2[nH]c(=O)sc2CN(C)C)cc1C. The molecule has 0 spiro atoms. The highest BCUT2D eigenvalue weighted by Gasteiger charge is 2.12. The average Bonchev–Trinajstić information content (AvgIpc) is 2.69. The van der Waals surface area contributed by atoms with Crippen LogP contribution in [0.25, 0.3) is 11.3 Å². The predicted molar refractivity (Wildman–Crippen MR) is 79.1 cm³/mol. The van der Waals surface area contributed by atoms with Crippen molar-refractivity contribution in [2.75, 3.05) is 21.2 Å². The van der Waals surface area contributed by atoms with Crippen LogP contribution in [0.3, 0.4) is 0 Å². The number of benzene rings is 1. The molecular formula is C14H18N2O2S. The number of rotatable bonds is 4. The lowest BCUT2D eigenvalue weighted by atomic mass is 10.1. The molecular weight excluding hydrogens is 260 g/mol. The Morgan fingerprint density at radius 3 is 2.68 bits per heavy atom. The van der Waals surface area contributed by atoms with Crippen molar-refractivity contribution in [1.29, 1.82) is 0 Å². The Bertz CT molecular complexity index is 629. The molecule has 0 bridgehead atoms. The molecule has 0 unspecified atom stereocenters. The lowest BCUT2D eigenvalue weighted by molar-refractivity contribution is 0.406. The number of aryl methyl sites for hydroxylation is 1. The maximum absolute atomic E-state index is 11.6. The summed E-state index contributed by atoms with van der Waals surface area (Å²) in [5.41, 5.74) is 2.99. The van der Waals surface area contributed by atoms with E-state index in [2.05, 4.69) is 9.88 Å². The van der Waals surface area contributed by atoms with Crippen LogP contribution in [0, 0.1) is 6.92 Å². The van der Waals surface area contributed by atoms with Crippen LogP contribution in [0.15, 0.2) is 23.0 Å². The molecule has 1 aromatic carbocycles. The summed E-state index contributed by atoms with van der Waals surface area (Å²) in [6.45, 7) is 2.75. The number of aromatic amines is 1. The molecule has 4 nitrogen and oxygen atoms in total. The molecule has 0 aliphatic rings. The van der Waals surface area contributed by atoms with E-state index in [1.165, 1.54) is 11.3 Å². The van der Waals surface area contributed by atoms with Crippen molar-refractivity contribution < 1.29 is 4.74 Å². The Balaban J connectivity index is 2.46. The summed E-state index contributed by atoms with van der Waals surface area (Å²) in [6, 6.07) is 5.94. The second kappa shape index (κ2) is 5.59. The molecule has 0 aliphatic heterocycles. The Hall–Kier alpha value is -1.59. The average molecular weight is 278 g/mol. The number of H-pyrrole nitrogens is 1. The summed E-state index contributed by atoms with van der Waals surface area (Å²) >= 11 is 1.27. The largest absolute Gasteiger partial charge is 0.496 e. The second-order valence-electron chi connectivity index (χ2n) is 4.73. The highest BCUT2D eigenvalue weighted by molar-refractivity contribution is 7.09. The van der Waals surface area contributed by atoms with E-state index in [1.54, 1.807) is 7.11 Å². The van der Waals surface area contributed by atoms with Gasteiger partial charge in [-0.3, -0.25) is 4.79 Å². The van der Waals surface area contributed by atoms with Gasteiger partial charge in [-0.1, -0.05) is 11.3 Å². The van der Waals surface area contributed by atoms with Crippen molar-refractivity contribution >= 4 is 11.3 Å². The molecule has 1 aromatic heterocycles. The first-order chi connectivity index (χ1) is 9.01. The Morgan fingerprint density at radius 2 is 2.11 bits per heavy atom. The van der Waals surface area contributed by atoms with Gasteiger partial charge < -0.3 is 14.6 Å². The Labute approximate surface area is 116 Å².